The zero-order valence-corrected chi connectivity index (χ0v) is 12.4. The molecule has 1 aliphatic heterocycles. The highest BCUT2D eigenvalue weighted by molar-refractivity contribution is 5.99. The smallest absolute Gasteiger partial charge is 0.251 e. The number of para-hydroxylation sites is 1. The number of nitrogens with zero attached hydrogens (tertiary/aromatic N) is 3. The predicted molar refractivity (Wildman–Crippen MR) is 86.3 cm³/mol. The summed E-state index contributed by atoms with van der Waals surface area (Å²) >= 11 is 0. The zero-order chi connectivity index (χ0) is 15.6. The molecule has 1 aliphatic rings. The summed E-state index contributed by atoms with van der Waals surface area (Å²) in [5.41, 5.74) is 3.63. The van der Waals surface area contributed by atoms with Crippen molar-refractivity contribution >= 4 is 11.6 Å². The van der Waals surface area contributed by atoms with Crippen LogP contribution in [0.3, 0.4) is 0 Å². The Kier molecular flexibility index (Phi) is 3.27. The Morgan fingerprint density at radius 3 is 2.91 bits per heavy atom. The van der Waals surface area contributed by atoms with E-state index in [0.717, 1.165) is 28.3 Å². The molecule has 4 rings (SSSR count). The number of carbonyl (C=O) groups excluding carboxylic acids is 1. The lowest BCUT2D eigenvalue weighted by atomic mass is 10.1. The maximum Gasteiger partial charge on any atom is 0.251 e. The summed E-state index contributed by atoms with van der Waals surface area (Å²) in [7, 11) is 0. The van der Waals surface area contributed by atoms with Crippen LogP contribution in [0.25, 0.3) is 5.69 Å². The Hall–Kier alpha value is -3.15. The second-order valence-corrected chi connectivity index (χ2v) is 5.33. The Bertz CT molecular complexity index is 856. The Balaban J connectivity index is 1.54. The van der Waals surface area contributed by atoms with Gasteiger partial charge in [-0.15, -0.1) is 0 Å². The standard InChI is InChI=1S/C17H15N5O/c23-17-15-8-13(7-6-12(15)9-19-17)18-10-16-20-11-21-22(16)14-4-2-1-3-5-14/h1-8,11,18H,9-10H2,(H,19,23). The molecule has 3 aromatic rings. The van der Waals surface area contributed by atoms with E-state index >= 15 is 0 Å². The number of hydrogen-bond donors (Lipinski definition) is 2. The maximum absolute atomic E-state index is 11.7. The van der Waals surface area contributed by atoms with Crippen molar-refractivity contribution in [1.29, 1.82) is 0 Å². The van der Waals surface area contributed by atoms with Gasteiger partial charge in [-0.05, 0) is 29.8 Å². The second kappa shape index (κ2) is 5.57. The molecule has 2 heterocycles. The van der Waals surface area contributed by atoms with Crippen molar-refractivity contribution in [1.82, 2.24) is 20.1 Å². The van der Waals surface area contributed by atoms with E-state index in [0.29, 0.717) is 13.1 Å². The topological polar surface area (TPSA) is 71.8 Å². The van der Waals surface area contributed by atoms with E-state index in [4.69, 9.17) is 0 Å². The number of aromatic nitrogens is 3. The molecule has 0 bridgehead atoms. The first-order chi connectivity index (χ1) is 11.3. The van der Waals surface area contributed by atoms with Crippen LogP contribution in [0.4, 0.5) is 5.69 Å². The molecule has 23 heavy (non-hydrogen) atoms. The highest BCUT2D eigenvalue weighted by Gasteiger charge is 2.18. The van der Waals surface area contributed by atoms with Gasteiger partial charge in [-0.1, -0.05) is 24.3 Å². The fourth-order valence-electron chi connectivity index (χ4n) is 2.67. The first-order valence-corrected chi connectivity index (χ1v) is 7.40. The average molecular weight is 305 g/mol. The fourth-order valence-corrected chi connectivity index (χ4v) is 2.67. The van der Waals surface area contributed by atoms with Crippen LogP contribution in [0, 0.1) is 0 Å². The molecular formula is C17H15N5O. The molecule has 2 aromatic carbocycles. The van der Waals surface area contributed by atoms with Crippen LogP contribution in [0.15, 0.2) is 54.9 Å². The van der Waals surface area contributed by atoms with Crippen molar-refractivity contribution in [3.63, 3.8) is 0 Å². The number of fused-ring (bicyclic) bond motifs is 1. The van der Waals surface area contributed by atoms with Gasteiger partial charge in [-0.3, -0.25) is 4.79 Å². The Morgan fingerprint density at radius 1 is 1.17 bits per heavy atom. The normalized spacial score (nSPS) is 12.8. The van der Waals surface area contributed by atoms with Gasteiger partial charge in [0, 0.05) is 17.8 Å². The van der Waals surface area contributed by atoms with Crippen molar-refractivity contribution in [2.75, 3.05) is 5.32 Å². The van der Waals surface area contributed by atoms with Crippen molar-refractivity contribution in [2.24, 2.45) is 0 Å². The molecule has 0 saturated carbocycles. The first-order valence-electron chi connectivity index (χ1n) is 7.40. The molecular weight excluding hydrogens is 290 g/mol. The van der Waals surface area contributed by atoms with Gasteiger partial charge in [-0.2, -0.15) is 5.10 Å². The number of amides is 1. The Labute approximate surface area is 133 Å². The summed E-state index contributed by atoms with van der Waals surface area (Å²) in [5, 5.41) is 10.4. The third-order valence-corrected chi connectivity index (χ3v) is 3.86. The minimum atomic E-state index is -0.0175. The molecule has 6 heteroatoms. The first kappa shape index (κ1) is 13.5. The minimum absolute atomic E-state index is 0.0175. The highest BCUT2D eigenvalue weighted by atomic mass is 16.1. The lowest BCUT2D eigenvalue weighted by molar-refractivity contribution is 0.0966. The third-order valence-electron chi connectivity index (χ3n) is 3.86. The average Bonchev–Trinajstić information content (AvgIpc) is 3.21. The summed E-state index contributed by atoms with van der Waals surface area (Å²) in [4.78, 5) is 16.0. The summed E-state index contributed by atoms with van der Waals surface area (Å²) < 4.78 is 1.80. The van der Waals surface area contributed by atoms with Crippen LogP contribution in [0.1, 0.15) is 21.7 Å². The lowest BCUT2D eigenvalue weighted by Gasteiger charge is -2.09. The van der Waals surface area contributed by atoms with Gasteiger partial charge in [0.05, 0.1) is 12.2 Å². The maximum atomic E-state index is 11.7. The summed E-state index contributed by atoms with van der Waals surface area (Å²) in [6.07, 6.45) is 1.54. The van der Waals surface area contributed by atoms with Crippen LogP contribution in [-0.2, 0) is 13.1 Å². The van der Waals surface area contributed by atoms with Crippen LogP contribution >= 0.6 is 0 Å². The molecule has 0 fully saturated rings. The number of carbonyl (C=O) groups is 1. The highest BCUT2D eigenvalue weighted by Crippen LogP contribution is 2.20. The van der Waals surface area contributed by atoms with Crippen molar-refractivity contribution in [3.05, 3.63) is 71.8 Å². The number of rotatable bonds is 4. The molecule has 1 amide bonds. The predicted octanol–water partition coefficient (Wildman–Crippen LogP) is 2.12. The van der Waals surface area contributed by atoms with Crippen molar-refractivity contribution in [2.45, 2.75) is 13.1 Å². The number of benzene rings is 2. The molecule has 0 atom stereocenters. The largest absolute Gasteiger partial charge is 0.378 e. The Morgan fingerprint density at radius 2 is 2.04 bits per heavy atom. The van der Waals surface area contributed by atoms with Crippen molar-refractivity contribution in [3.8, 4) is 5.69 Å². The minimum Gasteiger partial charge on any atom is -0.378 e. The van der Waals surface area contributed by atoms with Crippen LogP contribution in [0.2, 0.25) is 0 Å². The molecule has 0 radical (unpaired) electrons. The second-order valence-electron chi connectivity index (χ2n) is 5.33. The van der Waals surface area contributed by atoms with Gasteiger partial charge < -0.3 is 10.6 Å². The monoisotopic (exact) mass is 305 g/mol. The van der Waals surface area contributed by atoms with E-state index in [2.05, 4.69) is 20.7 Å². The van der Waals surface area contributed by atoms with Gasteiger partial charge >= 0.3 is 0 Å². The fraction of sp³-hybridized carbons (Fsp3) is 0.118. The summed E-state index contributed by atoms with van der Waals surface area (Å²) in [6.45, 7) is 1.13. The molecule has 0 spiro atoms. The van der Waals surface area contributed by atoms with Crippen LogP contribution in [-0.4, -0.2) is 20.7 Å². The molecule has 0 saturated heterocycles. The SMILES string of the molecule is O=C1NCc2ccc(NCc3ncnn3-c3ccccc3)cc21. The van der Waals surface area contributed by atoms with Crippen LogP contribution in [0.5, 0.6) is 0 Å². The van der Waals surface area contributed by atoms with Gasteiger partial charge in [0.2, 0.25) is 0 Å². The summed E-state index contributed by atoms with van der Waals surface area (Å²) in [5.74, 6) is 0.789. The summed E-state index contributed by atoms with van der Waals surface area (Å²) in [6, 6.07) is 15.7. The van der Waals surface area contributed by atoms with E-state index in [-0.39, 0.29) is 5.91 Å². The number of anilines is 1. The van der Waals surface area contributed by atoms with Gasteiger partial charge in [-0.25, -0.2) is 9.67 Å². The van der Waals surface area contributed by atoms with Crippen LogP contribution < -0.4 is 10.6 Å². The number of nitrogens with one attached hydrogen (secondary N) is 2. The number of hydrogen-bond acceptors (Lipinski definition) is 4. The molecule has 0 unspecified atom stereocenters. The van der Waals surface area contributed by atoms with E-state index < -0.39 is 0 Å². The molecule has 6 nitrogen and oxygen atoms in total. The van der Waals surface area contributed by atoms with E-state index in [1.807, 2.05) is 48.5 Å². The zero-order valence-electron chi connectivity index (χ0n) is 12.4. The van der Waals surface area contributed by atoms with Crippen molar-refractivity contribution < 1.29 is 4.79 Å². The van der Waals surface area contributed by atoms with Gasteiger partial charge in [0.15, 0.2) is 5.82 Å². The van der Waals surface area contributed by atoms with Gasteiger partial charge in [0.1, 0.15) is 6.33 Å². The molecule has 0 aliphatic carbocycles. The third kappa shape index (κ3) is 2.55. The van der Waals surface area contributed by atoms with E-state index in [9.17, 15) is 4.79 Å². The quantitative estimate of drug-likeness (QED) is 0.774. The van der Waals surface area contributed by atoms with E-state index in [1.54, 1.807) is 11.0 Å². The lowest BCUT2D eigenvalue weighted by Crippen LogP contribution is -2.12. The molecule has 1 aromatic heterocycles. The van der Waals surface area contributed by atoms with E-state index in [1.165, 1.54) is 0 Å². The molecule has 2 N–H and O–H groups in total. The molecule has 114 valence electrons. The van der Waals surface area contributed by atoms with Gasteiger partial charge in [0.25, 0.3) is 5.91 Å².